The van der Waals surface area contributed by atoms with Crippen LogP contribution in [0.15, 0.2) is 84.9 Å². The Hall–Kier alpha value is -4.49. The molecule has 206 valence electrons. The zero-order valence-electron chi connectivity index (χ0n) is 25.6. The Kier molecular flexibility index (Phi) is 5.51. The van der Waals surface area contributed by atoms with E-state index >= 15 is 0 Å². The van der Waals surface area contributed by atoms with Gasteiger partial charge in [0.25, 0.3) is 5.91 Å². The second-order valence-corrected chi connectivity index (χ2v) is 10.8. The largest absolute Gasteiger partial charge is 0.508 e. The highest BCUT2D eigenvalue weighted by Gasteiger charge is 2.37. The van der Waals surface area contributed by atoms with Crippen LogP contribution in [0.5, 0.6) is 5.75 Å². The Bertz CT molecular complexity index is 1870. The van der Waals surface area contributed by atoms with E-state index < -0.39 is 30.0 Å². The Morgan fingerprint density at radius 1 is 1.02 bits per heavy atom. The molecule has 1 amide bonds. The van der Waals surface area contributed by atoms with E-state index in [0.717, 1.165) is 60.2 Å². The molecule has 0 aliphatic carbocycles. The van der Waals surface area contributed by atoms with Gasteiger partial charge in [0.2, 0.25) is 0 Å². The monoisotopic (exact) mass is 549 g/mol. The van der Waals surface area contributed by atoms with Crippen molar-refractivity contribution in [1.82, 2.24) is 19.8 Å². The first kappa shape index (κ1) is 22.2. The lowest BCUT2D eigenvalue weighted by atomic mass is 9.88. The summed E-state index contributed by atoms with van der Waals surface area (Å²) in [6.45, 7) is -0.365. The molecule has 41 heavy (non-hydrogen) atoms. The molecule has 6 nitrogen and oxygen atoms in total. The second kappa shape index (κ2) is 10.2. The normalized spacial score (nSPS) is 19.9. The number of aromatic hydroxyl groups is 1. The van der Waals surface area contributed by atoms with Gasteiger partial charge in [0.1, 0.15) is 23.4 Å². The number of piperidine rings is 1. The van der Waals surface area contributed by atoms with Gasteiger partial charge in [-0.25, -0.2) is 9.37 Å². The van der Waals surface area contributed by atoms with Gasteiger partial charge in [0, 0.05) is 17.6 Å². The first-order chi connectivity index (χ1) is 21.1. The van der Waals surface area contributed by atoms with E-state index in [1.165, 1.54) is 5.56 Å². The highest BCUT2D eigenvalue weighted by Crippen LogP contribution is 2.40. The molecule has 1 unspecified atom stereocenters. The van der Waals surface area contributed by atoms with Crippen LogP contribution in [0, 0.1) is 5.82 Å². The van der Waals surface area contributed by atoms with E-state index in [-0.39, 0.29) is 22.5 Å². The van der Waals surface area contributed by atoms with Gasteiger partial charge in [-0.1, -0.05) is 48.5 Å². The van der Waals surface area contributed by atoms with Crippen molar-refractivity contribution in [2.45, 2.75) is 31.3 Å². The number of hydrogen-bond acceptors (Lipinski definition) is 4. The van der Waals surface area contributed by atoms with E-state index in [4.69, 9.17) is 2.74 Å². The molecule has 1 saturated heterocycles. The van der Waals surface area contributed by atoms with Crippen LogP contribution in [0.3, 0.4) is 0 Å². The Labute approximate surface area is 242 Å². The Morgan fingerprint density at radius 2 is 1.78 bits per heavy atom. The number of amides is 1. The van der Waals surface area contributed by atoms with Crippen LogP contribution in [0.25, 0.3) is 22.2 Å². The number of likely N-dealkylation sites (tertiary alicyclic amines) is 1. The number of H-pyrrole nitrogens is 1. The van der Waals surface area contributed by atoms with Gasteiger partial charge in [-0.3, -0.25) is 4.79 Å². The minimum Gasteiger partial charge on any atom is -0.508 e. The van der Waals surface area contributed by atoms with Crippen LogP contribution < -0.4 is 0 Å². The molecular formula is C34H31FN4O2. The number of fused-ring (bicyclic) bond motifs is 2. The fourth-order valence-electron chi connectivity index (χ4n) is 5.85. The van der Waals surface area contributed by atoms with Crippen molar-refractivity contribution < 1.29 is 18.4 Å². The van der Waals surface area contributed by atoms with Crippen LogP contribution in [0.2, 0.25) is 0 Å². The first-order valence-corrected chi connectivity index (χ1v) is 13.8. The third-order valence-corrected chi connectivity index (χ3v) is 8.17. The van der Waals surface area contributed by atoms with E-state index in [2.05, 4.69) is 34.0 Å². The third kappa shape index (κ3) is 4.66. The molecule has 0 spiro atoms. The summed E-state index contributed by atoms with van der Waals surface area (Å²) in [4.78, 5) is 24.8. The fourth-order valence-corrected chi connectivity index (χ4v) is 5.85. The standard InChI is InChI=1S/C34H31FN4O2/c1-38-16-14-23(15-17-38)21-6-8-22(9-7-21)24-10-11-25-20-39(34(41)27(25)18-24)32(28-19-26(35)12-13-31(28)40)33-36-29-4-2-3-5-30(29)37-33/h2-13,18-19,23,32,40H,14-17,20H2,1H3,(H,36,37)/i20D2,32D. The van der Waals surface area contributed by atoms with E-state index in [0.29, 0.717) is 17.0 Å². The highest BCUT2D eigenvalue weighted by atomic mass is 19.1. The molecule has 4 aromatic carbocycles. The van der Waals surface area contributed by atoms with Crippen molar-refractivity contribution >= 4 is 16.9 Å². The molecule has 2 aliphatic rings. The minimum absolute atomic E-state index is 0.0813. The summed E-state index contributed by atoms with van der Waals surface area (Å²) in [5.41, 5.74) is 3.78. The predicted molar refractivity (Wildman–Crippen MR) is 157 cm³/mol. The molecule has 0 saturated carbocycles. The molecule has 1 fully saturated rings. The number of para-hydroxylation sites is 2. The molecule has 1 aromatic heterocycles. The van der Waals surface area contributed by atoms with E-state index in [1.807, 2.05) is 12.1 Å². The van der Waals surface area contributed by atoms with Gasteiger partial charge < -0.3 is 19.9 Å². The average molecular weight is 550 g/mol. The zero-order valence-corrected chi connectivity index (χ0v) is 22.6. The molecule has 1 atom stereocenters. The number of halogens is 1. The van der Waals surface area contributed by atoms with E-state index in [9.17, 15) is 15.7 Å². The molecular weight excluding hydrogens is 515 g/mol. The number of aromatic amines is 1. The van der Waals surface area contributed by atoms with Crippen molar-refractivity contribution in [3.05, 3.63) is 119 Å². The quantitative estimate of drug-likeness (QED) is 0.258. The topological polar surface area (TPSA) is 72.5 Å². The minimum atomic E-state index is -2.50. The number of hydrogen-bond donors (Lipinski definition) is 2. The molecule has 5 aromatic rings. The molecule has 0 radical (unpaired) electrons. The zero-order chi connectivity index (χ0) is 30.8. The molecule has 0 bridgehead atoms. The number of nitrogens with zero attached hydrogens (tertiary/aromatic N) is 3. The van der Waals surface area contributed by atoms with Gasteiger partial charge in [-0.2, -0.15) is 0 Å². The maximum atomic E-state index is 14.6. The lowest BCUT2D eigenvalue weighted by molar-refractivity contribution is 0.0723. The van der Waals surface area contributed by atoms with Crippen molar-refractivity contribution in [3.63, 3.8) is 0 Å². The lowest BCUT2D eigenvalue weighted by Crippen LogP contribution is -2.31. The number of nitrogens with one attached hydrogen (secondary N) is 1. The number of imidazole rings is 1. The van der Waals surface area contributed by atoms with Crippen molar-refractivity contribution in [3.8, 4) is 16.9 Å². The summed E-state index contributed by atoms with van der Waals surface area (Å²) in [6.07, 6.45) is 2.21. The van der Waals surface area contributed by atoms with Crippen molar-refractivity contribution in [2.24, 2.45) is 0 Å². The number of carbonyl (C=O) groups is 1. The summed E-state index contributed by atoms with van der Waals surface area (Å²) in [5.74, 6) is -1.61. The number of phenolic OH excluding ortho intramolecular Hbond substituents is 1. The molecule has 7 heteroatoms. The van der Waals surface area contributed by atoms with Gasteiger partial charge in [-0.15, -0.1) is 0 Å². The number of rotatable bonds is 5. The second-order valence-electron chi connectivity index (χ2n) is 10.8. The third-order valence-electron chi connectivity index (χ3n) is 8.17. The summed E-state index contributed by atoms with van der Waals surface area (Å²) < 4.78 is 42.6. The highest BCUT2D eigenvalue weighted by molar-refractivity contribution is 6.00. The summed E-state index contributed by atoms with van der Waals surface area (Å²) in [5, 5.41) is 10.9. The number of carbonyl (C=O) groups excluding carboxylic acids is 1. The van der Waals surface area contributed by atoms with Crippen LogP contribution in [-0.4, -0.2) is 50.9 Å². The smallest absolute Gasteiger partial charge is 0.255 e. The van der Waals surface area contributed by atoms with Crippen LogP contribution in [0.1, 0.15) is 61.8 Å². The summed E-state index contributed by atoms with van der Waals surface area (Å²) in [6, 6.07) is 20.9. The summed E-state index contributed by atoms with van der Waals surface area (Å²) in [7, 11) is 2.14. The molecule has 2 N–H and O–H groups in total. The number of benzene rings is 4. The van der Waals surface area contributed by atoms with Crippen LogP contribution >= 0.6 is 0 Å². The predicted octanol–water partition coefficient (Wildman–Crippen LogP) is 6.63. The van der Waals surface area contributed by atoms with Crippen molar-refractivity contribution in [2.75, 3.05) is 20.1 Å². The average Bonchev–Trinajstić information content (AvgIpc) is 3.55. The Balaban J connectivity index is 1.31. The van der Waals surface area contributed by atoms with Gasteiger partial charge in [0.15, 0.2) is 0 Å². The first-order valence-electron chi connectivity index (χ1n) is 15.3. The SMILES string of the molecule is [2H]C1([2H])c2ccc(-c3ccc(C4CCN(C)CC4)cc3)cc2C(=O)N1C([2H])(c1nc2ccccc2[nH]1)c1cc(F)ccc1O. The number of phenols is 1. The lowest BCUT2D eigenvalue weighted by Gasteiger charge is -2.29. The van der Waals surface area contributed by atoms with Gasteiger partial charge in [-0.05, 0) is 97.5 Å². The van der Waals surface area contributed by atoms with Crippen LogP contribution in [-0.2, 0) is 6.50 Å². The van der Waals surface area contributed by atoms with E-state index in [1.54, 1.807) is 42.5 Å². The molecule has 7 rings (SSSR count). The molecule has 3 heterocycles. The van der Waals surface area contributed by atoms with Gasteiger partial charge in [0.05, 0.1) is 15.1 Å². The summed E-state index contributed by atoms with van der Waals surface area (Å²) >= 11 is 0. The maximum Gasteiger partial charge on any atom is 0.255 e. The Morgan fingerprint density at radius 3 is 2.56 bits per heavy atom. The number of aromatic nitrogens is 2. The van der Waals surface area contributed by atoms with Crippen LogP contribution in [0.4, 0.5) is 4.39 Å². The maximum absolute atomic E-state index is 14.6. The van der Waals surface area contributed by atoms with Gasteiger partial charge >= 0.3 is 0 Å². The molecule has 2 aliphatic heterocycles. The fraction of sp³-hybridized carbons (Fsp3) is 0.235. The van der Waals surface area contributed by atoms with Crippen molar-refractivity contribution in [1.29, 1.82) is 0 Å².